The molecule has 2 heterocycles. The first-order valence-corrected chi connectivity index (χ1v) is 4.32. The van der Waals surface area contributed by atoms with E-state index in [9.17, 15) is 0 Å². The van der Waals surface area contributed by atoms with Gasteiger partial charge in [0.1, 0.15) is 6.33 Å². The number of hydrogen-bond donors (Lipinski definition) is 1. The zero-order valence-corrected chi connectivity index (χ0v) is 7.88. The van der Waals surface area contributed by atoms with Crippen molar-refractivity contribution in [1.82, 2.24) is 19.5 Å². The van der Waals surface area contributed by atoms with E-state index in [1.807, 2.05) is 13.0 Å². The molecule has 2 aromatic rings. The third kappa shape index (κ3) is 1.62. The summed E-state index contributed by atoms with van der Waals surface area (Å²) < 4.78 is 1.76. The Labute approximate surface area is 81.6 Å². The van der Waals surface area contributed by atoms with Crippen LogP contribution in [0.3, 0.4) is 0 Å². The lowest BCUT2D eigenvalue weighted by molar-refractivity contribution is 0.862. The van der Waals surface area contributed by atoms with E-state index in [1.54, 1.807) is 23.3 Å². The Kier molecular flexibility index (Phi) is 2.24. The van der Waals surface area contributed by atoms with Gasteiger partial charge in [-0.2, -0.15) is 0 Å². The van der Waals surface area contributed by atoms with Crippen LogP contribution in [0.25, 0.3) is 5.95 Å². The molecule has 2 rings (SSSR count). The van der Waals surface area contributed by atoms with E-state index in [1.165, 1.54) is 0 Å². The predicted molar refractivity (Wildman–Crippen MR) is 51.8 cm³/mol. The summed E-state index contributed by atoms with van der Waals surface area (Å²) in [6.45, 7) is 2.34. The van der Waals surface area contributed by atoms with Crippen LogP contribution >= 0.6 is 0 Å². The minimum atomic E-state index is 0.422. The molecule has 0 amide bonds. The van der Waals surface area contributed by atoms with Gasteiger partial charge in [-0.05, 0) is 13.0 Å². The first-order chi connectivity index (χ1) is 6.79. The Morgan fingerprint density at radius 3 is 2.93 bits per heavy atom. The maximum Gasteiger partial charge on any atom is 0.235 e. The van der Waals surface area contributed by atoms with Gasteiger partial charge in [-0.25, -0.2) is 15.0 Å². The number of hydrogen-bond acceptors (Lipinski definition) is 4. The lowest BCUT2D eigenvalue weighted by atomic mass is 10.3. The molecule has 2 aromatic heterocycles. The minimum Gasteiger partial charge on any atom is -0.325 e. The minimum absolute atomic E-state index is 0.422. The van der Waals surface area contributed by atoms with E-state index in [0.717, 1.165) is 11.4 Å². The van der Waals surface area contributed by atoms with Crippen molar-refractivity contribution in [2.45, 2.75) is 13.5 Å². The van der Waals surface area contributed by atoms with E-state index >= 15 is 0 Å². The summed E-state index contributed by atoms with van der Waals surface area (Å²) in [5, 5.41) is 0. The monoisotopic (exact) mass is 189 g/mol. The van der Waals surface area contributed by atoms with Crippen LogP contribution in [0.15, 0.2) is 24.8 Å². The second-order valence-electron chi connectivity index (χ2n) is 2.97. The number of nitrogens with zero attached hydrogens (tertiary/aromatic N) is 4. The summed E-state index contributed by atoms with van der Waals surface area (Å²) in [7, 11) is 0. The van der Waals surface area contributed by atoms with Crippen molar-refractivity contribution in [3.05, 3.63) is 36.2 Å². The summed E-state index contributed by atoms with van der Waals surface area (Å²) >= 11 is 0. The Balaban J connectivity index is 2.48. The quantitative estimate of drug-likeness (QED) is 0.743. The number of imidazole rings is 1. The SMILES string of the molecule is Cc1cc(CN)nc(-n2ccnc2)n1. The second-order valence-corrected chi connectivity index (χ2v) is 2.97. The third-order valence-corrected chi connectivity index (χ3v) is 1.84. The zero-order chi connectivity index (χ0) is 9.97. The maximum absolute atomic E-state index is 5.53. The average molecular weight is 189 g/mol. The van der Waals surface area contributed by atoms with Crippen molar-refractivity contribution in [3.8, 4) is 5.95 Å². The van der Waals surface area contributed by atoms with E-state index in [-0.39, 0.29) is 0 Å². The smallest absolute Gasteiger partial charge is 0.235 e. The summed E-state index contributed by atoms with van der Waals surface area (Å²) in [6, 6.07) is 1.88. The Hall–Kier alpha value is -1.75. The first-order valence-electron chi connectivity index (χ1n) is 4.32. The molecule has 0 aliphatic carbocycles. The molecule has 0 fully saturated rings. The average Bonchev–Trinajstić information content (AvgIpc) is 2.69. The van der Waals surface area contributed by atoms with Crippen molar-refractivity contribution in [2.75, 3.05) is 0 Å². The van der Waals surface area contributed by atoms with Gasteiger partial charge in [0.25, 0.3) is 0 Å². The van der Waals surface area contributed by atoms with Gasteiger partial charge in [0.05, 0.1) is 5.69 Å². The molecule has 14 heavy (non-hydrogen) atoms. The molecule has 0 atom stereocenters. The molecule has 0 aliphatic rings. The molecular weight excluding hydrogens is 178 g/mol. The number of nitrogens with two attached hydrogens (primary N) is 1. The van der Waals surface area contributed by atoms with E-state index < -0.39 is 0 Å². The Morgan fingerprint density at radius 1 is 1.43 bits per heavy atom. The fourth-order valence-electron chi connectivity index (χ4n) is 1.21. The van der Waals surface area contributed by atoms with Crippen LogP contribution in [0.2, 0.25) is 0 Å². The fraction of sp³-hybridized carbons (Fsp3) is 0.222. The van der Waals surface area contributed by atoms with Gasteiger partial charge >= 0.3 is 0 Å². The van der Waals surface area contributed by atoms with Crippen molar-refractivity contribution in [1.29, 1.82) is 0 Å². The molecule has 72 valence electrons. The lowest BCUT2D eigenvalue weighted by Gasteiger charge is -2.03. The van der Waals surface area contributed by atoms with Gasteiger partial charge in [0.2, 0.25) is 5.95 Å². The zero-order valence-electron chi connectivity index (χ0n) is 7.88. The van der Waals surface area contributed by atoms with E-state index in [4.69, 9.17) is 5.73 Å². The number of aromatic nitrogens is 4. The molecule has 0 spiro atoms. The van der Waals surface area contributed by atoms with Crippen molar-refractivity contribution >= 4 is 0 Å². The van der Waals surface area contributed by atoms with Crippen molar-refractivity contribution in [3.63, 3.8) is 0 Å². The molecule has 0 saturated heterocycles. The van der Waals surface area contributed by atoms with Gasteiger partial charge in [-0.1, -0.05) is 0 Å². The lowest BCUT2D eigenvalue weighted by Crippen LogP contribution is -2.06. The number of rotatable bonds is 2. The predicted octanol–water partition coefficient (Wildman–Crippen LogP) is 0.429. The summed E-state index contributed by atoms with van der Waals surface area (Å²) in [5.41, 5.74) is 7.27. The standard InChI is InChI=1S/C9H11N5/c1-7-4-8(5-10)13-9(12-7)14-3-2-11-6-14/h2-4,6H,5,10H2,1H3. The summed E-state index contributed by atoms with van der Waals surface area (Å²) in [4.78, 5) is 12.5. The van der Waals surface area contributed by atoms with Crippen LogP contribution in [0.1, 0.15) is 11.4 Å². The Morgan fingerprint density at radius 2 is 2.29 bits per heavy atom. The van der Waals surface area contributed by atoms with Gasteiger partial charge in [-0.3, -0.25) is 4.57 Å². The van der Waals surface area contributed by atoms with Gasteiger partial charge in [0, 0.05) is 24.6 Å². The van der Waals surface area contributed by atoms with Crippen LogP contribution < -0.4 is 5.73 Å². The molecule has 0 saturated carbocycles. The molecule has 0 aromatic carbocycles. The Bertz CT molecular complexity index is 421. The normalized spacial score (nSPS) is 10.4. The third-order valence-electron chi connectivity index (χ3n) is 1.84. The fourth-order valence-corrected chi connectivity index (χ4v) is 1.21. The van der Waals surface area contributed by atoms with Crippen LogP contribution in [0.4, 0.5) is 0 Å². The molecule has 5 heteroatoms. The molecule has 0 bridgehead atoms. The highest BCUT2D eigenvalue weighted by molar-refractivity contribution is 5.18. The molecule has 0 radical (unpaired) electrons. The molecular formula is C9H11N5. The van der Waals surface area contributed by atoms with Gasteiger partial charge in [-0.15, -0.1) is 0 Å². The van der Waals surface area contributed by atoms with Crippen LogP contribution in [0, 0.1) is 6.92 Å². The largest absolute Gasteiger partial charge is 0.325 e. The molecule has 5 nitrogen and oxygen atoms in total. The van der Waals surface area contributed by atoms with Crippen LogP contribution in [-0.2, 0) is 6.54 Å². The van der Waals surface area contributed by atoms with E-state index in [0.29, 0.717) is 12.5 Å². The van der Waals surface area contributed by atoms with Crippen LogP contribution in [-0.4, -0.2) is 19.5 Å². The van der Waals surface area contributed by atoms with Crippen molar-refractivity contribution in [2.24, 2.45) is 5.73 Å². The highest BCUT2D eigenvalue weighted by atomic mass is 15.2. The molecule has 0 unspecified atom stereocenters. The topological polar surface area (TPSA) is 69.6 Å². The highest BCUT2D eigenvalue weighted by Crippen LogP contribution is 2.04. The van der Waals surface area contributed by atoms with Gasteiger partial charge in [0.15, 0.2) is 0 Å². The first kappa shape index (κ1) is 8.83. The summed E-state index contributed by atoms with van der Waals surface area (Å²) in [5.74, 6) is 0.614. The van der Waals surface area contributed by atoms with Crippen molar-refractivity contribution < 1.29 is 0 Å². The maximum atomic E-state index is 5.53. The van der Waals surface area contributed by atoms with E-state index in [2.05, 4.69) is 15.0 Å². The van der Waals surface area contributed by atoms with Crippen LogP contribution in [0.5, 0.6) is 0 Å². The molecule has 0 aliphatic heterocycles. The number of aryl methyl sites for hydroxylation is 1. The molecule has 2 N–H and O–H groups in total. The summed E-state index contributed by atoms with van der Waals surface area (Å²) in [6.07, 6.45) is 5.15. The second kappa shape index (κ2) is 3.55. The highest BCUT2D eigenvalue weighted by Gasteiger charge is 2.02. The van der Waals surface area contributed by atoms with Gasteiger partial charge < -0.3 is 5.73 Å².